The molecule has 1 atom stereocenters. The van der Waals surface area contributed by atoms with Gasteiger partial charge in [0.05, 0.1) is 19.2 Å². The van der Waals surface area contributed by atoms with Gasteiger partial charge in [0.1, 0.15) is 6.20 Å². The van der Waals surface area contributed by atoms with E-state index in [1.807, 2.05) is 0 Å². The number of aryl methyl sites for hydroxylation is 2. The molecule has 1 aromatic heterocycles. The molecule has 29 heavy (non-hydrogen) atoms. The molecule has 1 heterocycles. The van der Waals surface area contributed by atoms with Crippen molar-refractivity contribution in [1.82, 2.24) is 9.94 Å². The van der Waals surface area contributed by atoms with Crippen LogP contribution in [0, 0.1) is 5.92 Å². The van der Waals surface area contributed by atoms with E-state index in [4.69, 9.17) is 9.57 Å². The molecule has 2 aliphatic rings. The summed E-state index contributed by atoms with van der Waals surface area (Å²) in [7, 11) is 1.52. The average molecular weight is 397 g/mol. The molecule has 1 aromatic carbocycles. The molecule has 2 aliphatic carbocycles. The van der Waals surface area contributed by atoms with E-state index >= 15 is 0 Å². The van der Waals surface area contributed by atoms with Crippen LogP contribution in [-0.4, -0.2) is 28.9 Å². The largest absolute Gasteiger partial charge is 0.493 e. The molecule has 2 aromatic rings. The molecule has 7 nitrogen and oxygen atoms in total. The number of benzene rings is 1. The van der Waals surface area contributed by atoms with E-state index in [1.54, 1.807) is 6.92 Å². The van der Waals surface area contributed by atoms with Crippen molar-refractivity contribution >= 4 is 17.6 Å². The molecule has 4 rings (SSSR count). The maximum absolute atomic E-state index is 12.6. The van der Waals surface area contributed by atoms with Gasteiger partial charge in [0.2, 0.25) is 5.91 Å². The molecule has 0 saturated carbocycles. The lowest BCUT2D eigenvalue weighted by molar-refractivity contribution is -0.150. The minimum Gasteiger partial charge on any atom is -0.493 e. The van der Waals surface area contributed by atoms with Gasteiger partial charge >= 0.3 is 5.97 Å². The monoisotopic (exact) mass is 397 g/mol. The maximum Gasteiger partial charge on any atom is 0.337 e. The van der Waals surface area contributed by atoms with Crippen LogP contribution in [0.25, 0.3) is 0 Å². The van der Waals surface area contributed by atoms with E-state index in [2.05, 4.69) is 16.5 Å². The molecule has 7 heteroatoms. The molecule has 1 unspecified atom stereocenters. The summed E-state index contributed by atoms with van der Waals surface area (Å²) >= 11 is 0. The molecule has 1 N–H and O–H groups in total. The van der Waals surface area contributed by atoms with E-state index in [0.29, 0.717) is 12.2 Å². The quantitative estimate of drug-likeness (QED) is 0.777. The third-order valence-corrected chi connectivity index (χ3v) is 5.90. The number of anilines is 1. The predicted molar refractivity (Wildman–Crippen MR) is 108 cm³/mol. The van der Waals surface area contributed by atoms with Crippen LogP contribution < -0.4 is 14.9 Å². The normalized spacial score (nSPS) is 15.5. The second-order valence-electron chi connectivity index (χ2n) is 7.91. The Morgan fingerprint density at radius 1 is 1.17 bits per heavy atom. The fourth-order valence-electron chi connectivity index (χ4n) is 4.26. The average Bonchev–Trinajstić information content (AvgIpc) is 3.45. The van der Waals surface area contributed by atoms with Crippen LogP contribution in [0.3, 0.4) is 0 Å². The predicted octanol–water partition coefficient (Wildman–Crippen LogP) is 2.88. The first-order valence-electron chi connectivity index (χ1n) is 10.3. The number of rotatable bonds is 7. The van der Waals surface area contributed by atoms with Gasteiger partial charge in [-0.1, -0.05) is 17.8 Å². The van der Waals surface area contributed by atoms with E-state index in [1.165, 1.54) is 41.8 Å². The van der Waals surface area contributed by atoms with Gasteiger partial charge in [-0.2, -0.15) is 0 Å². The van der Waals surface area contributed by atoms with Crippen LogP contribution in [0.4, 0.5) is 5.69 Å². The lowest BCUT2D eigenvalue weighted by Crippen LogP contribution is -2.27. The Hall–Kier alpha value is -2.83. The standard InChI is InChI=1S/C22H27N3O4/c1-14(22(27)29-25-13-17(28-2)12-23-25)9-10-20(26)24-21-18-7-3-5-15(18)11-16-6-4-8-19(16)21/h11-14H,3-10H2,1-2H3,(H,24,26). The molecule has 0 bridgehead atoms. The Morgan fingerprint density at radius 3 is 2.48 bits per heavy atom. The first-order chi connectivity index (χ1) is 14.0. The molecule has 0 saturated heterocycles. The second-order valence-corrected chi connectivity index (χ2v) is 7.91. The van der Waals surface area contributed by atoms with Gasteiger partial charge in [0.15, 0.2) is 5.75 Å². The van der Waals surface area contributed by atoms with Gasteiger partial charge in [0.25, 0.3) is 0 Å². The highest BCUT2D eigenvalue weighted by Crippen LogP contribution is 2.38. The van der Waals surface area contributed by atoms with E-state index in [9.17, 15) is 9.59 Å². The van der Waals surface area contributed by atoms with Crippen molar-refractivity contribution in [3.05, 3.63) is 40.7 Å². The van der Waals surface area contributed by atoms with Crippen LogP contribution in [0.2, 0.25) is 0 Å². The van der Waals surface area contributed by atoms with E-state index in [0.717, 1.165) is 49.1 Å². The highest BCUT2D eigenvalue weighted by Gasteiger charge is 2.25. The van der Waals surface area contributed by atoms with Crippen molar-refractivity contribution in [1.29, 1.82) is 0 Å². The smallest absolute Gasteiger partial charge is 0.337 e. The minimum atomic E-state index is -0.426. The van der Waals surface area contributed by atoms with Gasteiger partial charge in [0, 0.05) is 12.1 Å². The van der Waals surface area contributed by atoms with Crippen molar-refractivity contribution in [2.45, 2.75) is 58.3 Å². The molecule has 0 radical (unpaired) electrons. The van der Waals surface area contributed by atoms with E-state index < -0.39 is 11.9 Å². The number of hydrogen-bond donors (Lipinski definition) is 1. The zero-order valence-electron chi connectivity index (χ0n) is 17.0. The Balaban J connectivity index is 1.34. The van der Waals surface area contributed by atoms with Crippen molar-refractivity contribution in [3.8, 4) is 5.75 Å². The molecule has 154 valence electrons. The Bertz CT molecular complexity index is 902. The van der Waals surface area contributed by atoms with Crippen LogP contribution >= 0.6 is 0 Å². The highest BCUT2D eigenvalue weighted by molar-refractivity contribution is 5.93. The molecule has 0 fully saturated rings. The number of amides is 1. The summed E-state index contributed by atoms with van der Waals surface area (Å²) in [5, 5.41) is 7.07. The number of aromatic nitrogens is 2. The summed E-state index contributed by atoms with van der Waals surface area (Å²) in [6.07, 6.45) is 10.2. The summed E-state index contributed by atoms with van der Waals surface area (Å²) < 4.78 is 5.01. The molecule has 0 aliphatic heterocycles. The first kappa shape index (κ1) is 19.5. The van der Waals surface area contributed by atoms with Gasteiger partial charge < -0.3 is 14.9 Å². The number of nitrogens with one attached hydrogen (secondary N) is 1. The fraction of sp³-hybridized carbons (Fsp3) is 0.500. The third kappa shape index (κ3) is 4.13. The third-order valence-electron chi connectivity index (χ3n) is 5.90. The number of hydrogen-bond acceptors (Lipinski definition) is 5. The molecule has 1 amide bonds. The first-order valence-corrected chi connectivity index (χ1v) is 10.3. The fourth-order valence-corrected chi connectivity index (χ4v) is 4.26. The Labute approximate surface area is 170 Å². The van der Waals surface area contributed by atoms with Crippen LogP contribution in [0.15, 0.2) is 18.5 Å². The van der Waals surface area contributed by atoms with Crippen molar-refractivity contribution in [2.24, 2.45) is 5.92 Å². The van der Waals surface area contributed by atoms with Crippen LogP contribution in [-0.2, 0) is 35.3 Å². The second kappa shape index (κ2) is 8.27. The number of ether oxygens (including phenoxy) is 1. The number of carbonyl (C=O) groups is 2. The summed E-state index contributed by atoms with van der Waals surface area (Å²) in [6.45, 7) is 1.76. The highest BCUT2D eigenvalue weighted by atomic mass is 16.7. The zero-order valence-corrected chi connectivity index (χ0v) is 17.0. The van der Waals surface area contributed by atoms with Crippen molar-refractivity contribution in [3.63, 3.8) is 0 Å². The van der Waals surface area contributed by atoms with Crippen LogP contribution in [0.5, 0.6) is 5.75 Å². The summed E-state index contributed by atoms with van der Waals surface area (Å²) in [6, 6.07) is 2.35. The van der Waals surface area contributed by atoms with Crippen molar-refractivity contribution < 1.29 is 19.2 Å². The Kier molecular flexibility index (Phi) is 5.56. The van der Waals surface area contributed by atoms with Gasteiger partial charge in [-0.25, -0.2) is 4.79 Å². The number of methoxy groups -OCH3 is 1. The van der Waals surface area contributed by atoms with Gasteiger partial charge in [-0.05, 0) is 67.2 Å². The maximum atomic E-state index is 12.6. The van der Waals surface area contributed by atoms with Gasteiger partial charge in [-0.15, -0.1) is 5.10 Å². The summed E-state index contributed by atoms with van der Waals surface area (Å²) in [5.74, 6) is -0.374. The van der Waals surface area contributed by atoms with Gasteiger partial charge in [-0.3, -0.25) is 4.79 Å². The topological polar surface area (TPSA) is 82.5 Å². The lowest BCUT2D eigenvalue weighted by atomic mass is 9.98. The lowest BCUT2D eigenvalue weighted by Gasteiger charge is -2.16. The molecule has 0 spiro atoms. The molecular weight excluding hydrogens is 370 g/mol. The number of carbonyl (C=O) groups excluding carboxylic acids is 2. The summed E-state index contributed by atoms with van der Waals surface area (Å²) in [5.41, 5.74) is 6.48. The Morgan fingerprint density at radius 2 is 1.86 bits per heavy atom. The summed E-state index contributed by atoms with van der Waals surface area (Å²) in [4.78, 5) is 31.1. The van der Waals surface area contributed by atoms with Crippen molar-refractivity contribution in [2.75, 3.05) is 12.4 Å². The zero-order chi connectivity index (χ0) is 20.4. The SMILES string of the molecule is COc1cnn(OC(=O)C(C)CCC(=O)Nc2c3c(cc4c2CCC4)CCC3)c1. The van der Waals surface area contributed by atoms with Crippen LogP contribution in [0.1, 0.15) is 54.9 Å². The number of nitrogens with zero attached hydrogens (tertiary/aromatic N) is 2. The minimum absolute atomic E-state index is 0.0418. The van der Waals surface area contributed by atoms with E-state index in [-0.39, 0.29) is 12.3 Å². The number of fused-ring (bicyclic) bond motifs is 2. The molecular formula is C22H27N3O4.